The summed E-state index contributed by atoms with van der Waals surface area (Å²) < 4.78 is 5.36. The number of esters is 1. The lowest BCUT2D eigenvalue weighted by molar-refractivity contribution is -0.893. The van der Waals surface area contributed by atoms with Gasteiger partial charge < -0.3 is 9.64 Å². The van der Waals surface area contributed by atoms with Gasteiger partial charge in [-0.1, -0.05) is 48.5 Å². The molecule has 2 aromatic rings. The van der Waals surface area contributed by atoms with Gasteiger partial charge in [0.05, 0.1) is 12.6 Å². The number of aryl methyl sites for hydroxylation is 1. The van der Waals surface area contributed by atoms with Gasteiger partial charge in [-0.3, -0.25) is 0 Å². The molecule has 1 N–H and O–H groups in total. The summed E-state index contributed by atoms with van der Waals surface area (Å²) in [5.74, 6) is -0.236. The average Bonchev–Trinajstić information content (AvgIpc) is 2.48. The topological polar surface area (TPSA) is 30.7 Å². The van der Waals surface area contributed by atoms with Crippen LogP contribution in [0, 0.1) is 6.92 Å². The molecule has 0 amide bonds. The van der Waals surface area contributed by atoms with E-state index in [-0.39, 0.29) is 5.97 Å². The summed E-state index contributed by atoms with van der Waals surface area (Å²) in [6, 6.07) is 17.8. The predicted octanol–water partition coefficient (Wildman–Crippen LogP) is 1.87. The number of benzene rings is 2. The van der Waals surface area contributed by atoms with Gasteiger partial charge in [-0.15, -0.1) is 0 Å². The van der Waals surface area contributed by atoms with Gasteiger partial charge in [0.15, 0.2) is 0 Å². The van der Waals surface area contributed by atoms with E-state index in [0.717, 1.165) is 18.7 Å². The molecule has 0 aliphatic carbocycles. The van der Waals surface area contributed by atoms with Crippen LogP contribution in [0.4, 0.5) is 0 Å². The molecule has 0 aromatic heterocycles. The van der Waals surface area contributed by atoms with E-state index < -0.39 is 0 Å². The molecule has 0 spiro atoms. The Morgan fingerprint density at radius 2 is 1.71 bits per heavy atom. The van der Waals surface area contributed by atoms with Crippen LogP contribution in [0.25, 0.3) is 0 Å². The minimum Gasteiger partial charge on any atom is -0.456 e. The van der Waals surface area contributed by atoms with Crippen LogP contribution in [0.1, 0.15) is 21.5 Å². The zero-order chi connectivity index (χ0) is 15.1. The monoisotopic (exact) mass is 284 g/mol. The normalized spacial score (nSPS) is 11.9. The fourth-order valence-corrected chi connectivity index (χ4v) is 2.23. The zero-order valence-corrected chi connectivity index (χ0v) is 12.6. The number of likely N-dealkylation sites (N-methyl/N-ethyl adjacent to an activating group) is 1. The Balaban J connectivity index is 1.76. The van der Waals surface area contributed by atoms with Gasteiger partial charge in [0, 0.05) is 5.56 Å². The fourth-order valence-electron chi connectivity index (χ4n) is 2.23. The number of carbonyl (C=O) groups is 1. The first-order valence-corrected chi connectivity index (χ1v) is 7.25. The Labute approximate surface area is 126 Å². The van der Waals surface area contributed by atoms with Crippen molar-refractivity contribution >= 4 is 5.97 Å². The standard InChI is InChI=1S/C18H21NO2/c1-15-8-6-7-11-17(15)18(20)21-13-12-19(2)14-16-9-4-3-5-10-16/h3-11H,12-14H2,1-2H3/p+1. The maximum absolute atomic E-state index is 12.0. The molecule has 2 rings (SSSR count). The van der Waals surface area contributed by atoms with E-state index in [4.69, 9.17) is 4.74 Å². The number of hydrogen-bond donors (Lipinski definition) is 1. The quantitative estimate of drug-likeness (QED) is 0.821. The maximum Gasteiger partial charge on any atom is 0.338 e. The summed E-state index contributed by atoms with van der Waals surface area (Å²) in [6.45, 7) is 4.09. The van der Waals surface area contributed by atoms with Gasteiger partial charge in [0.25, 0.3) is 0 Å². The van der Waals surface area contributed by atoms with Crippen LogP contribution in [0.3, 0.4) is 0 Å². The van der Waals surface area contributed by atoms with Gasteiger partial charge in [0.1, 0.15) is 19.7 Å². The first-order chi connectivity index (χ1) is 10.2. The third-order valence-corrected chi connectivity index (χ3v) is 3.48. The van der Waals surface area contributed by atoms with E-state index in [1.807, 2.05) is 43.3 Å². The van der Waals surface area contributed by atoms with Crippen molar-refractivity contribution in [3.05, 3.63) is 71.3 Å². The second-order valence-electron chi connectivity index (χ2n) is 5.32. The van der Waals surface area contributed by atoms with Crippen LogP contribution in [-0.2, 0) is 11.3 Å². The van der Waals surface area contributed by atoms with Crippen LogP contribution >= 0.6 is 0 Å². The SMILES string of the molecule is Cc1ccccc1C(=O)OCC[NH+](C)Cc1ccccc1. The molecule has 0 aliphatic heterocycles. The molecule has 21 heavy (non-hydrogen) atoms. The second-order valence-corrected chi connectivity index (χ2v) is 5.32. The fraction of sp³-hybridized carbons (Fsp3) is 0.278. The van der Waals surface area contributed by atoms with E-state index in [0.29, 0.717) is 12.2 Å². The second kappa shape index (κ2) is 7.60. The summed E-state index contributed by atoms with van der Waals surface area (Å²) in [6.07, 6.45) is 0. The molecule has 0 saturated carbocycles. The average molecular weight is 284 g/mol. The van der Waals surface area contributed by atoms with E-state index in [1.54, 1.807) is 6.07 Å². The van der Waals surface area contributed by atoms with Crippen molar-refractivity contribution in [3.63, 3.8) is 0 Å². The molecule has 0 heterocycles. The Kier molecular flexibility index (Phi) is 5.52. The number of ether oxygens (including phenoxy) is 1. The van der Waals surface area contributed by atoms with Crippen molar-refractivity contribution in [2.24, 2.45) is 0 Å². The number of carbonyl (C=O) groups excluding carboxylic acids is 1. The molecule has 3 heteroatoms. The molecule has 0 radical (unpaired) electrons. The lowest BCUT2D eigenvalue weighted by Gasteiger charge is -2.14. The summed E-state index contributed by atoms with van der Waals surface area (Å²) >= 11 is 0. The summed E-state index contributed by atoms with van der Waals surface area (Å²) in [5.41, 5.74) is 2.89. The molecule has 0 fully saturated rings. The number of hydrogen-bond acceptors (Lipinski definition) is 2. The van der Waals surface area contributed by atoms with Crippen molar-refractivity contribution in [1.29, 1.82) is 0 Å². The molecule has 110 valence electrons. The van der Waals surface area contributed by atoms with Crippen LogP contribution in [0.15, 0.2) is 54.6 Å². The number of rotatable bonds is 6. The van der Waals surface area contributed by atoms with Crippen LogP contribution in [0.5, 0.6) is 0 Å². The zero-order valence-electron chi connectivity index (χ0n) is 12.6. The van der Waals surface area contributed by atoms with Crippen LogP contribution in [0.2, 0.25) is 0 Å². The molecule has 1 atom stereocenters. The Morgan fingerprint density at radius 1 is 1.05 bits per heavy atom. The van der Waals surface area contributed by atoms with E-state index in [9.17, 15) is 4.79 Å². The van der Waals surface area contributed by atoms with Gasteiger partial charge in [-0.2, -0.15) is 0 Å². The lowest BCUT2D eigenvalue weighted by Crippen LogP contribution is -3.08. The molecular weight excluding hydrogens is 262 g/mol. The molecular formula is C18H22NO2+. The van der Waals surface area contributed by atoms with Crippen LogP contribution in [-0.4, -0.2) is 26.2 Å². The van der Waals surface area contributed by atoms with Crippen molar-refractivity contribution in [3.8, 4) is 0 Å². The summed E-state index contributed by atoms with van der Waals surface area (Å²) in [4.78, 5) is 13.3. The highest BCUT2D eigenvalue weighted by Gasteiger charge is 2.11. The number of quaternary nitrogens is 1. The van der Waals surface area contributed by atoms with Gasteiger partial charge in [-0.05, 0) is 18.6 Å². The smallest absolute Gasteiger partial charge is 0.338 e. The largest absolute Gasteiger partial charge is 0.456 e. The molecule has 3 nitrogen and oxygen atoms in total. The molecule has 1 unspecified atom stereocenters. The minimum atomic E-state index is -0.236. The Bertz CT molecular complexity index is 581. The highest BCUT2D eigenvalue weighted by atomic mass is 16.5. The molecule has 2 aromatic carbocycles. The van der Waals surface area contributed by atoms with Crippen molar-refractivity contribution in [2.75, 3.05) is 20.2 Å². The highest BCUT2D eigenvalue weighted by molar-refractivity contribution is 5.90. The third kappa shape index (κ3) is 4.72. The third-order valence-electron chi connectivity index (χ3n) is 3.48. The maximum atomic E-state index is 12.0. The molecule has 0 saturated heterocycles. The van der Waals surface area contributed by atoms with Crippen molar-refractivity contribution < 1.29 is 14.4 Å². The Morgan fingerprint density at radius 3 is 2.43 bits per heavy atom. The first kappa shape index (κ1) is 15.3. The van der Waals surface area contributed by atoms with Gasteiger partial charge in [-0.25, -0.2) is 4.79 Å². The van der Waals surface area contributed by atoms with E-state index >= 15 is 0 Å². The van der Waals surface area contributed by atoms with E-state index in [2.05, 4.69) is 19.2 Å². The predicted molar refractivity (Wildman–Crippen MR) is 83.4 cm³/mol. The lowest BCUT2D eigenvalue weighted by atomic mass is 10.1. The number of nitrogens with one attached hydrogen (secondary N) is 1. The highest BCUT2D eigenvalue weighted by Crippen LogP contribution is 2.08. The van der Waals surface area contributed by atoms with Crippen LogP contribution < -0.4 is 4.90 Å². The minimum absolute atomic E-state index is 0.236. The first-order valence-electron chi connectivity index (χ1n) is 7.25. The van der Waals surface area contributed by atoms with Gasteiger partial charge >= 0.3 is 5.97 Å². The molecule has 0 bridgehead atoms. The van der Waals surface area contributed by atoms with Crippen molar-refractivity contribution in [2.45, 2.75) is 13.5 Å². The van der Waals surface area contributed by atoms with E-state index in [1.165, 1.54) is 10.5 Å². The Hall–Kier alpha value is -2.13. The molecule has 0 aliphatic rings. The van der Waals surface area contributed by atoms with Gasteiger partial charge in [0.2, 0.25) is 0 Å². The summed E-state index contributed by atoms with van der Waals surface area (Å²) in [7, 11) is 2.11. The summed E-state index contributed by atoms with van der Waals surface area (Å²) in [5, 5.41) is 0. The van der Waals surface area contributed by atoms with Crippen molar-refractivity contribution in [1.82, 2.24) is 0 Å².